The second-order valence-electron chi connectivity index (χ2n) is 5.46. The van der Waals surface area contributed by atoms with Gasteiger partial charge in [-0.15, -0.1) is 0 Å². The fourth-order valence-electron chi connectivity index (χ4n) is 3.05. The lowest BCUT2D eigenvalue weighted by molar-refractivity contribution is 0.115. The number of hydrogen-bond donors (Lipinski definition) is 2. The molecule has 2 rings (SSSR count). The zero-order valence-corrected chi connectivity index (χ0v) is 11.0. The van der Waals surface area contributed by atoms with Crippen LogP contribution in [0.3, 0.4) is 0 Å². The van der Waals surface area contributed by atoms with Crippen molar-refractivity contribution in [3.63, 3.8) is 0 Å². The van der Waals surface area contributed by atoms with Gasteiger partial charge >= 0.3 is 0 Å². The van der Waals surface area contributed by atoms with Crippen molar-refractivity contribution in [1.29, 1.82) is 0 Å². The number of halogens is 2. The molecule has 1 aromatic rings. The summed E-state index contributed by atoms with van der Waals surface area (Å²) in [7, 11) is 0. The van der Waals surface area contributed by atoms with Gasteiger partial charge in [-0.25, -0.2) is 8.78 Å². The molecule has 0 spiro atoms. The third-order valence-corrected chi connectivity index (χ3v) is 4.13. The number of aliphatic hydroxyl groups excluding tert-OH is 1. The Labute approximate surface area is 112 Å². The van der Waals surface area contributed by atoms with E-state index in [4.69, 9.17) is 5.73 Å². The van der Waals surface area contributed by atoms with Crippen LogP contribution in [0.5, 0.6) is 0 Å². The molecule has 1 aromatic carbocycles. The summed E-state index contributed by atoms with van der Waals surface area (Å²) in [5.41, 5.74) is 5.98. The lowest BCUT2D eigenvalue weighted by atomic mass is 9.87. The third-order valence-electron chi connectivity index (χ3n) is 4.13. The maximum atomic E-state index is 13.8. The molecule has 2 atom stereocenters. The van der Waals surface area contributed by atoms with Crippen LogP contribution in [0.2, 0.25) is 0 Å². The van der Waals surface area contributed by atoms with Crippen molar-refractivity contribution in [3.8, 4) is 0 Å². The second-order valence-corrected chi connectivity index (χ2v) is 5.46. The maximum absolute atomic E-state index is 13.8. The third kappa shape index (κ3) is 3.51. The first-order valence-corrected chi connectivity index (χ1v) is 6.95. The van der Waals surface area contributed by atoms with E-state index in [1.54, 1.807) is 0 Å². The Hall–Kier alpha value is -1.00. The molecule has 3 N–H and O–H groups in total. The van der Waals surface area contributed by atoms with Crippen molar-refractivity contribution in [1.82, 2.24) is 0 Å². The van der Waals surface area contributed by atoms with Gasteiger partial charge in [-0.3, -0.25) is 0 Å². The SMILES string of the molecule is NCC(c1ccc(F)cc1F)C(O)CC1CCCC1. The molecule has 0 radical (unpaired) electrons. The fourth-order valence-corrected chi connectivity index (χ4v) is 3.05. The minimum atomic E-state index is -0.659. The molecule has 1 fully saturated rings. The predicted molar refractivity (Wildman–Crippen MR) is 70.7 cm³/mol. The van der Waals surface area contributed by atoms with Crippen molar-refractivity contribution < 1.29 is 13.9 Å². The summed E-state index contributed by atoms with van der Waals surface area (Å²) in [4.78, 5) is 0. The Morgan fingerprint density at radius 3 is 2.53 bits per heavy atom. The molecule has 0 saturated heterocycles. The van der Waals surface area contributed by atoms with Crippen LogP contribution in [-0.2, 0) is 0 Å². The molecule has 19 heavy (non-hydrogen) atoms. The molecule has 106 valence electrons. The normalized spacial score (nSPS) is 19.6. The van der Waals surface area contributed by atoms with E-state index in [0.717, 1.165) is 18.9 Å². The molecular formula is C15H21F2NO. The highest BCUT2D eigenvalue weighted by Gasteiger charge is 2.27. The van der Waals surface area contributed by atoms with Crippen molar-refractivity contribution in [2.45, 2.75) is 44.1 Å². The quantitative estimate of drug-likeness (QED) is 0.863. The first-order valence-electron chi connectivity index (χ1n) is 6.95. The summed E-state index contributed by atoms with van der Waals surface area (Å²) in [5.74, 6) is -1.18. The molecule has 1 aliphatic carbocycles. The molecule has 0 heterocycles. The summed E-state index contributed by atoms with van der Waals surface area (Å²) in [6, 6.07) is 3.45. The standard InChI is InChI=1S/C15H21F2NO/c16-11-5-6-12(14(17)8-11)13(9-18)15(19)7-10-3-1-2-4-10/h5-6,8,10,13,15,19H,1-4,7,9,18H2. The summed E-state index contributed by atoms with van der Waals surface area (Å²) in [6.07, 6.45) is 4.65. The highest BCUT2D eigenvalue weighted by atomic mass is 19.1. The monoisotopic (exact) mass is 269 g/mol. The average molecular weight is 269 g/mol. The van der Waals surface area contributed by atoms with Gasteiger partial charge in [-0.05, 0) is 24.0 Å². The molecule has 1 aliphatic rings. The lowest BCUT2D eigenvalue weighted by Crippen LogP contribution is -2.28. The Kier molecular flexibility index (Phi) is 4.88. The summed E-state index contributed by atoms with van der Waals surface area (Å²) >= 11 is 0. The molecule has 2 unspecified atom stereocenters. The Morgan fingerprint density at radius 2 is 1.95 bits per heavy atom. The van der Waals surface area contributed by atoms with Crippen LogP contribution in [0.4, 0.5) is 8.78 Å². The van der Waals surface area contributed by atoms with E-state index in [0.29, 0.717) is 17.9 Å². The van der Waals surface area contributed by atoms with Crippen LogP contribution in [0, 0.1) is 17.6 Å². The highest BCUT2D eigenvalue weighted by Crippen LogP contribution is 2.33. The lowest BCUT2D eigenvalue weighted by Gasteiger charge is -2.24. The second kappa shape index (κ2) is 6.44. The van der Waals surface area contributed by atoms with Gasteiger partial charge in [0, 0.05) is 18.5 Å². The highest BCUT2D eigenvalue weighted by molar-refractivity contribution is 5.24. The average Bonchev–Trinajstić information content (AvgIpc) is 2.85. The van der Waals surface area contributed by atoms with E-state index in [-0.39, 0.29) is 6.54 Å². The maximum Gasteiger partial charge on any atom is 0.129 e. The molecule has 2 nitrogen and oxygen atoms in total. The van der Waals surface area contributed by atoms with Gasteiger partial charge < -0.3 is 10.8 Å². The van der Waals surface area contributed by atoms with E-state index >= 15 is 0 Å². The zero-order valence-electron chi connectivity index (χ0n) is 11.0. The molecule has 1 saturated carbocycles. The van der Waals surface area contributed by atoms with Crippen molar-refractivity contribution in [2.24, 2.45) is 11.7 Å². The molecule has 0 bridgehead atoms. The summed E-state index contributed by atoms with van der Waals surface area (Å²) in [5, 5.41) is 10.3. The van der Waals surface area contributed by atoms with Gasteiger partial charge in [0.2, 0.25) is 0 Å². The first-order chi connectivity index (χ1) is 9.11. The van der Waals surface area contributed by atoms with Gasteiger partial charge in [0.25, 0.3) is 0 Å². The van der Waals surface area contributed by atoms with Gasteiger partial charge in [0.05, 0.1) is 6.10 Å². The van der Waals surface area contributed by atoms with Gasteiger partial charge in [0.15, 0.2) is 0 Å². The summed E-state index contributed by atoms with van der Waals surface area (Å²) < 4.78 is 26.7. The topological polar surface area (TPSA) is 46.2 Å². The van der Waals surface area contributed by atoms with E-state index in [9.17, 15) is 13.9 Å². The Morgan fingerprint density at radius 1 is 1.26 bits per heavy atom. The largest absolute Gasteiger partial charge is 0.392 e. The van der Waals surface area contributed by atoms with Crippen LogP contribution < -0.4 is 5.73 Å². The van der Waals surface area contributed by atoms with E-state index < -0.39 is 23.7 Å². The Bertz CT molecular complexity index is 419. The van der Waals surface area contributed by atoms with Crippen LogP contribution >= 0.6 is 0 Å². The van der Waals surface area contributed by atoms with Gasteiger partial charge in [-0.2, -0.15) is 0 Å². The van der Waals surface area contributed by atoms with Crippen LogP contribution in [0.1, 0.15) is 43.6 Å². The molecule has 0 aliphatic heterocycles. The molecule has 0 amide bonds. The van der Waals surface area contributed by atoms with E-state index in [2.05, 4.69) is 0 Å². The Balaban J connectivity index is 2.09. The minimum absolute atomic E-state index is 0.163. The predicted octanol–water partition coefficient (Wildman–Crippen LogP) is 2.95. The molecule has 0 aromatic heterocycles. The van der Waals surface area contributed by atoms with Gasteiger partial charge in [0.1, 0.15) is 11.6 Å². The van der Waals surface area contributed by atoms with Crippen LogP contribution in [0.25, 0.3) is 0 Å². The smallest absolute Gasteiger partial charge is 0.129 e. The minimum Gasteiger partial charge on any atom is -0.392 e. The number of rotatable bonds is 5. The van der Waals surface area contributed by atoms with Crippen molar-refractivity contribution in [2.75, 3.05) is 6.54 Å². The number of nitrogens with two attached hydrogens (primary N) is 1. The van der Waals surface area contributed by atoms with E-state index in [1.165, 1.54) is 25.0 Å². The van der Waals surface area contributed by atoms with Crippen molar-refractivity contribution >= 4 is 0 Å². The molecule has 4 heteroatoms. The van der Waals surface area contributed by atoms with Gasteiger partial charge in [-0.1, -0.05) is 31.7 Å². The fraction of sp³-hybridized carbons (Fsp3) is 0.600. The molecular weight excluding hydrogens is 248 g/mol. The van der Waals surface area contributed by atoms with Crippen LogP contribution in [-0.4, -0.2) is 17.8 Å². The van der Waals surface area contributed by atoms with Crippen molar-refractivity contribution in [3.05, 3.63) is 35.4 Å². The number of benzene rings is 1. The summed E-state index contributed by atoms with van der Waals surface area (Å²) in [6.45, 7) is 0.163. The van der Waals surface area contributed by atoms with E-state index in [1.807, 2.05) is 0 Å². The number of hydrogen-bond acceptors (Lipinski definition) is 2. The zero-order chi connectivity index (χ0) is 13.8. The first kappa shape index (κ1) is 14.4. The number of aliphatic hydroxyl groups is 1. The van der Waals surface area contributed by atoms with Crippen LogP contribution in [0.15, 0.2) is 18.2 Å².